The molecule has 2 N–H and O–H groups in total. The van der Waals surface area contributed by atoms with E-state index in [2.05, 4.69) is 25.2 Å². The summed E-state index contributed by atoms with van der Waals surface area (Å²) in [7, 11) is 0. The van der Waals surface area contributed by atoms with Crippen LogP contribution in [0.15, 0.2) is 63.3 Å². The van der Waals surface area contributed by atoms with Crippen molar-refractivity contribution in [3.05, 3.63) is 76.6 Å². The number of aromatic nitrogens is 5. The van der Waals surface area contributed by atoms with Gasteiger partial charge >= 0.3 is 5.63 Å². The maximum atomic E-state index is 11.8. The molecule has 0 aliphatic carbocycles. The summed E-state index contributed by atoms with van der Waals surface area (Å²) in [6.07, 6.45) is 6.55. The van der Waals surface area contributed by atoms with Gasteiger partial charge in [-0.05, 0) is 31.2 Å². The van der Waals surface area contributed by atoms with Crippen LogP contribution in [0.2, 0.25) is 0 Å². The molecule has 0 saturated heterocycles. The third-order valence-corrected chi connectivity index (χ3v) is 3.98. The summed E-state index contributed by atoms with van der Waals surface area (Å²) in [5.41, 5.74) is 0.805. The van der Waals surface area contributed by atoms with E-state index >= 15 is 0 Å². The zero-order chi connectivity index (χ0) is 19.5. The van der Waals surface area contributed by atoms with Gasteiger partial charge < -0.3 is 14.1 Å². The van der Waals surface area contributed by atoms with Crippen LogP contribution >= 0.6 is 0 Å². The number of H-pyrrole nitrogens is 1. The minimum atomic E-state index is -0.635. The first-order chi connectivity index (χ1) is 13.6. The van der Waals surface area contributed by atoms with Crippen molar-refractivity contribution in [2.24, 2.45) is 4.99 Å². The minimum Gasteiger partial charge on any atom is -0.507 e. The Morgan fingerprint density at radius 1 is 1.32 bits per heavy atom. The molecule has 0 aliphatic heterocycles. The predicted molar refractivity (Wildman–Crippen MR) is 102 cm³/mol. The fourth-order valence-corrected chi connectivity index (χ4v) is 2.61. The van der Waals surface area contributed by atoms with Gasteiger partial charge in [-0.2, -0.15) is 5.10 Å². The van der Waals surface area contributed by atoms with Crippen LogP contribution < -0.4 is 5.63 Å². The molecule has 0 atom stereocenters. The van der Waals surface area contributed by atoms with E-state index in [0.717, 1.165) is 11.4 Å². The lowest BCUT2D eigenvalue weighted by molar-refractivity contribution is 0.433. The molecule has 9 nitrogen and oxygen atoms in total. The van der Waals surface area contributed by atoms with E-state index in [9.17, 15) is 9.90 Å². The van der Waals surface area contributed by atoms with Crippen LogP contribution in [-0.4, -0.2) is 36.1 Å². The number of nitrogens with zero attached hydrogens (tertiary/aromatic N) is 5. The number of hydrogen-bond acceptors (Lipinski definition) is 7. The molecule has 4 aromatic rings. The first-order valence-electron chi connectivity index (χ1n) is 8.44. The third-order valence-electron chi connectivity index (χ3n) is 3.98. The second-order valence-electron chi connectivity index (χ2n) is 6.09. The molecule has 0 radical (unpaired) electrons. The largest absolute Gasteiger partial charge is 0.507 e. The van der Waals surface area contributed by atoms with Gasteiger partial charge in [0.2, 0.25) is 0 Å². The summed E-state index contributed by atoms with van der Waals surface area (Å²) < 4.78 is 6.85. The SMILES string of the molecule is Cc1cc(O)c(C=Nc2ccc(-c3n[nH]c(Cn4ccnc4)n3)cc2)c(=O)o1. The highest BCUT2D eigenvalue weighted by atomic mass is 16.4. The first kappa shape index (κ1) is 17.4. The Balaban J connectivity index is 1.50. The number of rotatable bonds is 5. The zero-order valence-corrected chi connectivity index (χ0v) is 14.9. The molecular formula is C19H16N6O3. The lowest BCUT2D eigenvalue weighted by Crippen LogP contribution is -2.07. The van der Waals surface area contributed by atoms with Crippen molar-refractivity contribution in [3.8, 4) is 17.1 Å². The number of imidazole rings is 1. The topological polar surface area (TPSA) is 122 Å². The number of hydrogen-bond donors (Lipinski definition) is 2. The van der Waals surface area contributed by atoms with Gasteiger partial charge in [-0.3, -0.25) is 10.1 Å². The summed E-state index contributed by atoms with van der Waals surface area (Å²) >= 11 is 0. The average molecular weight is 376 g/mol. The fraction of sp³-hybridized carbons (Fsp3) is 0.105. The fourth-order valence-electron chi connectivity index (χ4n) is 2.61. The number of aliphatic imine (C=N–C) groups is 1. The highest BCUT2D eigenvalue weighted by molar-refractivity contribution is 5.84. The molecule has 140 valence electrons. The van der Waals surface area contributed by atoms with Crippen molar-refractivity contribution in [1.29, 1.82) is 0 Å². The van der Waals surface area contributed by atoms with Gasteiger partial charge in [-0.1, -0.05) is 0 Å². The number of aromatic hydroxyl groups is 1. The molecule has 3 heterocycles. The van der Waals surface area contributed by atoms with Crippen LogP contribution in [0.3, 0.4) is 0 Å². The lowest BCUT2D eigenvalue weighted by atomic mass is 10.2. The monoisotopic (exact) mass is 376 g/mol. The molecule has 4 rings (SSSR count). The molecule has 3 aromatic heterocycles. The highest BCUT2D eigenvalue weighted by Crippen LogP contribution is 2.20. The first-order valence-corrected chi connectivity index (χ1v) is 8.44. The standard InChI is InChI=1S/C19H16N6O3/c1-12-8-16(26)15(19(27)28-12)9-21-14-4-2-13(3-5-14)18-22-17(23-24-18)10-25-7-6-20-11-25/h2-9,11,26H,10H2,1H3,(H,22,23,24). The Morgan fingerprint density at radius 2 is 2.14 bits per heavy atom. The maximum absolute atomic E-state index is 11.8. The van der Waals surface area contributed by atoms with Gasteiger partial charge in [0.05, 0.1) is 18.6 Å². The van der Waals surface area contributed by atoms with E-state index in [1.54, 1.807) is 31.6 Å². The van der Waals surface area contributed by atoms with Crippen LogP contribution in [0.25, 0.3) is 11.4 Å². The van der Waals surface area contributed by atoms with Crippen molar-refractivity contribution < 1.29 is 9.52 Å². The Morgan fingerprint density at radius 3 is 2.86 bits per heavy atom. The second-order valence-corrected chi connectivity index (χ2v) is 6.09. The highest BCUT2D eigenvalue weighted by Gasteiger charge is 2.08. The van der Waals surface area contributed by atoms with Gasteiger partial charge in [-0.25, -0.2) is 14.8 Å². The molecule has 1 aromatic carbocycles. The Hall–Kier alpha value is -4.01. The van der Waals surface area contributed by atoms with Crippen LogP contribution in [-0.2, 0) is 6.54 Å². The summed E-state index contributed by atoms with van der Waals surface area (Å²) in [6.45, 7) is 2.14. The summed E-state index contributed by atoms with van der Waals surface area (Å²) in [5, 5.41) is 17.0. The Bertz CT molecular complexity index is 1170. The van der Waals surface area contributed by atoms with E-state index in [0.29, 0.717) is 23.8 Å². The summed E-state index contributed by atoms with van der Waals surface area (Å²) in [6, 6.07) is 8.56. The minimum absolute atomic E-state index is 0.00721. The molecule has 0 saturated carbocycles. The molecular weight excluding hydrogens is 360 g/mol. The van der Waals surface area contributed by atoms with Crippen molar-refractivity contribution in [2.45, 2.75) is 13.5 Å². The van der Waals surface area contributed by atoms with Crippen molar-refractivity contribution in [1.82, 2.24) is 24.7 Å². The van der Waals surface area contributed by atoms with E-state index < -0.39 is 5.63 Å². The average Bonchev–Trinajstić information content (AvgIpc) is 3.34. The smallest absolute Gasteiger partial charge is 0.348 e. The number of aryl methyl sites for hydroxylation is 1. The maximum Gasteiger partial charge on any atom is 0.348 e. The van der Waals surface area contributed by atoms with Gasteiger partial charge in [-0.15, -0.1) is 0 Å². The zero-order valence-electron chi connectivity index (χ0n) is 14.9. The molecule has 0 fully saturated rings. The van der Waals surface area contributed by atoms with Crippen LogP contribution in [0.1, 0.15) is 17.1 Å². The molecule has 0 amide bonds. The number of aromatic amines is 1. The summed E-state index contributed by atoms with van der Waals surface area (Å²) in [5.74, 6) is 1.46. The Labute approximate surface area is 159 Å². The quantitative estimate of drug-likeness (QED) is 0.516. The van der Waals surface area contributed by atoms with E-state index in [1.165, 1.54) is 12.3 Å². The van der Waals surface area contributed by atoms with Crippen LogP contribution in [0.5, 0.6) is 5.75 Å². The molecule has 9 heteroatoms. The normalized spacial score (nSPS) is 11.3. The molecule has 0 spiro atoms. The molecule has 0 bridgehead atoms. The molecule has 0 unspecified atom stereocenters. The van der Waals surface area contributed by atoms with Crippen LogP contribution in [0.4, 0.5) is 5.69 Å². The van der Waals surface area contributed by atoms with Gasteiger partial charge in [0.1, 0.15) is 22.9 Å². The molecule has 28 heavy (non-hydrogen) atoms. The predicted octanol–water partition coefficient (Wildman–Crippen LogP) is 2.43. The van der Waals surface area contributed by atoms with Crippen molar-refractivity contribution >= 4 is 11.9 Å². The van der Waals surface area contributed by atoms with Crippen molar-refractivity contribution in [3.63, 3.8) is 0 Å². The van der Waals surface area contributed by atoms with Crippen molar-refractivity contribution in [2.75, 3.05) is 0 Å². The van der Waals surface area contributed by atoms with Gasteiger partial charge in [0, 0.05) is 30.2 Å². The van der Waals surface area contributed by atoms with E-state index in [-0.39, 0.29) is 11.3 Å². The second kappa shape index (κ2) is 7.31. The van der Waals surface area contributed by atoms with E-state index in [4.69, 9.17) is 4.42 Å². The van der Waals surface area contributed by atoms with Crippen LogP contribution in [0, 0.1) is 6.92 Å². The summed E-state index contributed by atoms with van der Waals surface area (Å²) in [4.78, 5) is 24.5. The van der Waals surface area contributed by atoms with E-state index in [1.807, 2.05) is 22.9 Å². The third kappa shape index (κ3) is 3.73. The number of benzene rings is 1. The lowest BCUT2D eigenvalue weighted by Gasteiger charge is -1.99. The Kier molecular flexibility index (Phi) is 4.55. The molecule has 0 aliphatic rings. The van der Waals surface area contributed by atoms with Gasteiger partial charge in [0.15, 0.2) is 5.82 Å². The number of nitrogens with one attached hydrogen (secondary N) is 1. The van der Waals surface area contributed by atoms with Gasteiger partial charge in [0.25, 0.3) is 0 Å².